The summed E-state index contributed by atoms with van der Waals surface area (Å²) in [5, 5.41) is 0. The van der Waals surface area contributed by atoms with Gasteiger partial charge in [-0.1, -0.05) is 6.07 Å². The maximum Gasteiger partial charge on any atom is 0.129 e. The zero-order valence-electron chi connectivity index (χ0n) is 8.15. The highest BCUT2D eigenvalue weighted by Gasteiger charge is 2.33. The van der Waals surface area contributed by atoms with E-state index in [1.165, 1.54) is 0 Å². The molecule has 2 rings (SSSR count). The molecule has 70 valence electrons. The van der Waals surface area contributed by atoms with Crippen molar-refractivity contribution in [1.82, 2.24) is 0 Å². The number of fused-ring (bicyclic) bond motifs is 1. The molecule has 0 saturated carbocycles. The molecule has 0 bridgehead atoms. The number of halogens is 1. The van der Waals surface area contributed by atoms with E-state index < -0.39 is 5.60 Å². The molecule has 0 fully saturated rings. The summed E-state index contributed by atoms with van der Waals surface area (Å²) >= 11 is 0. The Morgan fingerprint density at radius 2 is 2.08 bits per heavy atom. The van der Waals surface area contributed by atoms with Crippen molar-refractivity contribution >= 4 is 0 Å². The zero-order chi connectivity index (χ0) is 9.64. The average Bonchev–Trinajstić information content (AvgIpc) is 2.26. The Morgan fingerprint density at radius 3 is 2.77 bits per heavy atom. The molecule has 1 nitrogen and oxygen atoms in total. The summed E-state index contributed by atoms with van der Waals surface area (Å²) in [5.74, 6) is -0.141. The van der Waals surface area contributed by atoms with Crippen LogP contribution in [0.4, 0.5) is 4.39 Å². The molecule has 0 aliphatic carbocycles. The maximum absolute atomic E-state index is 13.6. The first kappa shape index (κ1) is 8.70. The van der Waals surface area contributed by atoms with Crippen molar-refractivity contribution in [3.63, 3.8) is 0 Å². The summed E-state index contributed by atoms with van der Waals surface area (Å²) in [7, 11) is 0. The molecule has 13 heavy (non-hydrogen) atoms. The number of ether oxygens (including phenoxy) is 1. The molecule has 1 aliphatic rings. The van der Waals surface area contributed by atoms with Gasteiger partial charge in [0.05, 0.1) is 12.2 Å². The summed E-state index contributed by atoms with van der Waals surface area (Å²) in [6, 6.07) is 3.56. The lowest BCUT2D eigenvalue weighted by Gasteiger charge is -2.18. The highest BCUT2D eigenvalue weighted by atomic mass is 19.1. The number of aryl methyl sites for hydroxylation is 1. The lowest BCUT2D eigenvalue weighted by Crippen LogP contribution is -2.16. The summed E-state index contributed by atoms with van der Waals surface area (Å²) in [4.78, 5) is 0. The Morgan fingerprint density at radius 1 is 1.38 bits per heavy atom. The van der Waals surface area contributed by atoms with E-state index >= 15 is 0 Å². The van der Waals surface area contributed by atoms with Gasteiger partial charge in [0, 0.05) is 5.56 Å². The fourth-order valence-corrected chi connectivity index (χ4v) is 1.93. The molecule has 0 amide bonds. The molecule has 1 heterocycles. The molecule has 1 aromatic rings. The van der Waals surface area contributed by atoms with Crippen molar-refractivity contribution in [1.29, 1.82) is 0 Å². The highest BCUT2D eigenvalue weighted by Crippen LogP contribution is 2.37. The molecule has 0 radical (unpaired) electrons. The van der Waals surface area contributed by atoms with E-state index in [-0.39, 0.29) is 5.82 Å². The number of rotatable bonds is 0. The zero-order valence-corrected chi connectivity index (χ0v) is 8.15. The molecular weight excluding hydrogens is 167 g/mol. The smallest absolute Gasteiger partial charge is 0.129 e. The van der Waals surface area contributed by atoms with Crippen LogP contribution in [0.2, 0.25) is 0 Å². The predicted octanol–water partition coefficient (Wildman–Crippen LogP) is 2.90. The summed E-state index contributed by atoms with van der Waals surface area (Å²) in [6.07, 6.45) is 0. The molecule has 0 N–H and O–H groups in total. The van der Waals surface area contributed by atoms with Crippen molar-refractivity contribution in [3.8, 4) is 0 Å². The van der Waals surface area contributed by atoms with Crippen LogP contribution in [0.15, 0.2) is 12.1 Å². The third-order valence-electron chi connectivity index (χ3n) is 2.51. The SMILES string of the molecule is Cc1cc(F)c2c(c1)COC2(C)C. The van der Waals surface area contributed by atoms with Gasteiger partial charge in [0.15, 0.2) is 0 Å². The van der Waals surface area contributed by atoms with E-state index in [9.17, 15) is 4.39 Å². The highest BCUT2D eigenvalue weighted by molar-refractivity contribution is 5.38. The molecule has 1 aromatic carbocycles. The van der Waals surface area contributed by atoms with Crippen LogP contribution < -0.4 is 0 Å². The lowest BCUT2D eigenvalue weighted by molar-refractivity contribution is -0.00957. The number of hydrogen-bond acceptors (Lipinski definition) is 1. The molecule has 1 aliphatic heterocycles. The van der Waals surface area contributed by atoms with Gasteiger partial charge in [-0.15, -0.1) is 0 Å². The topological polar surface area (TPSA) is 9.23 Å². The minimum Gasteiger partial charge on any atom is -0.366 e. The summed E-state index contributed by atoms with van der Waals surface area (Å²) < 4.78 is 19.1. The summed E-state index contributed by atoms with van der Waals surface area (Å²) in [6.45, 7) is 6.23. The Kier molecular flexibility index (Phi) is 1.70. The van der Waals surface area contributed by atoms with Crippen LogP contribution in [-0.2, 0) is 16.9 Å². The second kappa shape index (κ2) is 2.55. The van der Waals surface area contributed by atoms with Crippen LogP contribution in [0, 0.1) is 12.7 Å². The van der Waals surface area contributed by atoms with Gasteiger partial charge in [-0.2, -0.15) is 0 Å². The van der Waals surface area contributed by atoms with E-state index in [4.69, 9.17) is 4.74 Å². The van der Waals surface area contributed by atoms with Crippen LogP contribution in [0.25, 0.3) is 0 Å². The van der Waals surface area contributed by atoms with E-state index in [2.05, 4.69) is 0 Å². The predicted molar refractivity (Wildman–Crippen MR) is 49.0 cm³/mol. The van der Waals surface area contributed by atoms with Crippen LogP contribution in [-0.4, -0.2) is 0 Å². The molecule has 0 aromatic heterocycles. The first-order chi connectivity index (χ1) is 6.00. The minimum atomic E-state index is -0.465. The van der Waals surface area contributed by atoms with Crippen molar-refractivity contribution in [2.24, 2.45) is 0 Å². The maximum atomic E-state index is 13.6. The Labute approximate surface area is 77.5 Å². The Balaban J connectivity index is 2.65. The van der Waals surface area contributed by atoms with Crippen LogP contribution in [0.1, 0.15) is 30.5 Å². The normalized spacial score (nSPS) is 18.8. The van der Waals surface area contributed by atoms with E-state index in [1.54, 1.807) is 6.07 Å². The van der Waals surface area contributed by atoms with E-state index in [0.29, 0.717) is 6.61 Å². The van der Waals surface area contributed by atoms with Gasteiger partial charge in [-0.3, -0.25) is 0 Å². The Bertz CT molecular complexity index is 355. The minimum absolute atomic E-state index is 0.141. The van der Waals surface area contributed by atoms with Crippen LogP contribution in [0.3, 0.4) is 0 Å². The van der Waals surface area contributed by atoms with Crippen LogP contribution in [0.5, 0.6) is 0 Å². The van der Waals surface area contributed by atoms with Gasteiger partial charge in [0.1, 0.15) is 5.82 Å². The van der Waals surface area contributed by atoms with E-state index in [0.717, 1.165) is 16.7 Å². The van der Waals surface area contributed by atoms with Gasteiger partial charge < -0.3 is 4.74 Å². The van der Waals surface area contributed by atoms with Gasteiger partial charge >= 0.3 is 0 Å². The average molecular weight is 180 g/mol. The molecular formula is C11H13FO. The van der Waals surface area contributed by atoms with Crippen molar-refractivity contribution in [2.75, 3.05) is 0 Å². The second-order valence-corrected chi connectivity index (χ2v) is 4.08. The van der Waals surface area contributed by atoms with Crippen molar-refractivity contribution < 1.29 is 9.13 Å². The monoisotopic (exact) mass is 180 g/mol. The number of benzene rings is 1. The molecule has 0 saturated heterocycles. The first-order valence-corrected chi connectivity index (χ1v) is 4.44. The molecule has 0 atom stereocenters. The quantitative estimate of drug-likeness (QED) is 0.596. The summed E-state index contributed by atoms with van der Waals surface area (Å²) in [5.41, 5.74) is 2.20. The van der Waals surface area contributed by atoms with E-state index in [1.807, 2.05) is 26.8 Å². The van der Waals surface area contributed by atoms with Gasteiger partial charge in [0.2, 0.25) is 0 Å². The van der Waals surface area contributed by atoms with Crippen molar-refractivity contribution in [2.45, 2.75) is 33.0 Å². The third kappa shape index (κ3) is 1.25. The molecule has 0 unspecified atom stereocenters. The largest absolute Gasteiger partial charge is 0.366 e. The first-order valence-electron chi connectivity index (χ1n) is 4.44. The Hall–Kier alpha value is -0.890. The number of hydrogen-bond donors (Lipinski definition) is 0. The van der Waals surface area contributed by atoms with Crippen LogP contribution >= 0.6 is 0 Å². The molecule has 0 spiro atoms. The second-order valence-electron chi connectivity index (χ2n) is 4.08. The van der Waals surface area contributed by atoms with Crippen molar-refractivity contribution in [3.05, 3.63) is 34.6 Å². The lowest BCUT2D eigenvalue weighted by atomic mass is 9.94. The standard InChI is InChI=1S/C11H13FO/c1-7-4-8-6-13-11(2,3)10(8)9(12)5-7/h4-5H,6H2,1-3H3. The third-order valence-corrected chi connectivity index (χ3v) is 2.51. The van der Waals surface area contributed by atoms with Gasteiger partial charge in [-0.05, 0) is 38.0 Å². The van der Waals surface area contributed by atoms with Gasteiger partial charge in [-0.25, -0.2) is 4.39 Å². The van der Waals surface area contributed by atoms with Gasteiger partial charge in [0.25, 0.3) is 0 Å². The fourth-order valence-electron chi connectivity index (χ4n) is 1.93. The molecule has 2 heteroatoms. The fraction of sp³-hybridized carbons (Fsp3) is 0.455.